The lowest BCUT2D eigenvalue weighted by molar-refractivity contribution is 0.822. The third-order valence-corrected chi connectivity index (χ3v) is 11.9. The second kappa shape index (κ2) is 12.8. The summed E-state index contributed by atoms with van der Waals surface area (Å²) in [6.07, 6.45) is 9.86. The van der Waals surface area contributed by atoms with Gasteiger partial charge in [0, 0.05) is 39.8 Å². The molecule has 0 fully saturated rings. The molecule has 0 amide bonds. The standard InChI is InChI=1S/C52H38N4/c1-52(34-45(35-15-5-2-6-16-35)54-51(52)36-17-7-3-8-18-36)38-27-29-40(30-28-38)56-46-24-12-11-21-42(46)43-23-13-22-41(50(43)56)37-26-31-47-44(33-37)49-48(25-14-32-53-49)55(47)39-19-9-4-10-20-39/h2-32,34,37H,33H2,1H3. The SMILES string of the molecule is CC1(c2ccc(-n3c4ccccc4c4cccc(C5C=Cc6c(c7ncccc7n6-c6ccccc6)C5)c43)cc2)C=C(c2ccccc2)N=C1c1ccccc1. The van der Waals surface area contributed by atoms with E-state index >= 15 is 0 Å². The van der Waals surface area contributed by atoms with Gasteiger partial charge in [0.2, 0.25) is 0 Å². The van der Waals surface area contributed by atoms with Crippen molar-refractivity contribution in [2.24, 2.45) is 4.99 Å². The number of hydrogen-bond donors (Lipinski definition) is 0. The maximum absolute atomic E-state index is 5.29. The third kappa shape index (κ3) is 4.99. The first-order valence-corrected chi connectivity index (χ1v) is 19.4. The lowest BCUT2D eigenvalue weighted by Gasteiger charge is -2.26. The lowest BCUT2D eigenvalue weighted by Crippen LogP contribution is -2.29. The topological polar surface area (TPSA) is 35.1 Å². The Morgan fingerprint density at radius 2 is 1.25 bits per heavy atom. The first-order valence-electron chi connectivity index (χ1n) is 19.4. The van der Waals surface area contributed by atoms with Gasteiger partial charge in [0.1, 0.15) is 0 Å². The zero-order valence-corrected chi connectivity index (χ0v) is 31.0. The molecule has 56 heavy (non-hydrogen) atoms. The number of rotatable bonds is 6. The van der Waals surface area contributed by atoms with E-state index in [1.54, 1.807) is 0 Å². The molecule has 1 aliphatic heterocycles. The molecule has 2 atom stereocenters. The molecule has 2 aliphatic rings. The maximum Gasteiger partial charge on any atom is 0.0923 e. The summed E-state index contributed by atoms with van der Waals surface area (Å²) in [4.78, 5) is 10.2. The van der Waals surface area contributed by atoms with Crippen LogP contribution in [0.2, 0.25) is 0 Å². The maximum atomic E-state index is 5.29. The summed E-state index contributed by atoms with van der Waals surface area (Å²) in [6.45, 7) is 2.30. The van der Waals surface area contributed by atoms with Gasteiger partial charge in [0.25, 0.3) is 0 Å². The second-order valence-electron chi connectivity index (χ2n) is 15.1. The Hall–Kier alpha value is -7.04. The molecule has 3 aromatic heterocycles. The molecule has 0 saturated heterocycles. The normalized spacial score (nSPS) is 17.7. The minimum absolute atomic E-state index is 0.175. The van der Waals surface area contributed by atoms with Crippen LogP contribution in [-0.4, -0.2) is 19.8 Å². The Morgan fingerprint density at radius 1 is 0.589 bits per heavy atom. The highest BCUT2D eigenvalue weighted by molar-refractivity contribution is 6.15. The Balaban J connectivity index is 1.04. The van der Waals surface area contributed by atoms with E-state index in [4.69, 9.17) is 9.98 Å². The Kier molecular flexibility index (Phi) is 7.39. The van der Waals surface area contributed by atoms with E-state index in [1.165, 1.54) is 44.2 Å². The molecule has 9 aromatic rings. The van der Waals surface area contributed by atoms with E-state index in [1.807, 2.05) is 12.3 Å². The van der Waals surface area contributed by atoms with Gasteiger partial charge in [-0.15, -0.1) is 0 Å². The van der Waals surface area contributed by atoms with Crippen molar-refractivity contribution in [1.82, 2.24) is 14.1 Å². The zero-order chi connectivity index (χ0) is 37.2. The van der Waals surface area contributed by atoms with Gasteiger partial charge in [-0.2, -0.15) is 0 Å². The minimum atomic E-state index is -0.408. The first kappa shape index (κ1) is 32.4. The molecule has 4 heterocycles. The van der Waals surface area contributed by atoms with Crippen LogP contribution in [0.15, 0.2) is 193 Å². The molecule has 2 unspecified atom stereocenters. The van der Waals surface area contributed by atoms with Crippen LogP contribution in [0.5, 0.6) is 0 Å². The fraction of sp³-hybridized carbons (Fsp3) is 0.0769. The average Bonchev–Trinajstić information content (AvgIpc) is 3.92. The summed E-state index contributed by atoms with van der Waals surface area (Å²) in [6, 6.07) is 60.9. The Bertz CT molecular complexity index is 3040. The molecular formula is C52H38N4. The first-order chi connectivity index (χ1) is 27.7. The number of aromatic nitrogens is 3. The molecule has 6 aromatic carbocycles. The number of benzene rings is 6. The van der Waals surface area contributed by atoms with Crippen LogP contribution in [0, 0.1) is 0 Å². The van der Waals surface area contributed by atoms with Crippen molar-refractivity contribution in [3.05, 3.63) is 222 Å². The van der Waals surface area contributed by atoms with Crippen molar-refractivity contribution in [3.63, 3.8) is 0 Å². The van der Waals surface area contributed by atoms with E-state index in [-0.39, 0.29) is 5.92 Å². The third-order valence-electron chi connectivity index (χ3n) is 11.9. The predicted octanol–water partition coefficient (Wildman–Crippen LogP) is 12.3. The van der Waals surface area contributed by atoms with Crippen molar-refractivity contribution in [1.29, 1.82) is 0 Å². The lowest BCUT2D eigenvalue weighted by atomic mass is 9.76. The second-order valence-corrected chi connectivity index (χ2v) is 15.1. The van der Waals surface area contributed by atoms with Crippen molar-refractivity contribution in [3.8, 4) is 11.4 Å². The summed E-state index contributed by atoms with van der Waals surface area (Å²) in [5.41, 5.74) is 15.9. The fourth-order valence-electron chi connectivity index (χ4n) is 9.25. The van der Waals surface area contributed by atoms with Gasteiger partial charge in [0.15, 0.2) is 0 Å². The summed E-state index contributed by atoms with van der Waals surface area (Å²) in [5, 5.41) is 2.52. The van der Waals surface area contributed by atoms with Gasteiger partial charge in [-0.25, -0.2) is 0 Å². The molecule has 4 heteroatoms. The number of pyridine rings is 1. The molecule has 0 spiro atoms. The van der Waals surface area contributed by atoms with E-state index in [0.29, 0.717) is 0 Å². The highest BCUT2D eigenvalue weighted by atomic mass is 15.0. The molecule has 0 saturated carbocycles. The van der Waals surface area contributed by atoms with Crippen molar-refractivity contribution in [2.75, 3.05) is 0 Å². The van der Waals surface area contributed by atoms with Crippen LogP contribution in [0.4, 0.5) is 0 Å². The van der Waals surface area contributed by atoms with Gasteiger partial charge in [-0.1, -0.05) is 133 Å². The van der Waals surface area contributed by atoms with E-state index in [2.05, 4.69) is 198 Å². The minimum Gasteiger partial charge on any atom is -0.309 e. The van der Waals surface area contributed by atoms with E-state index in [9.17, 15) is 0 Å². The number of hydrogen-bond acceptors (Lipinski definition) is 2. The van der Waals surface area contributed by atoms with Gasteiger partial charge in [-0.05, 0) is 90.2 Å². The Labute approximate surface area is 326 Å². The van der Waals surface area contributed by atoms with Gasteiger partial charge in [0.05, 0.1) is 44.6 Å². The molecular weight excluding hydrogens is 681 g/mol. The number of nitrogens with zero attached hydrogens (tertiary/aromatic N) is 4. The van der Waals surface area contributed by atoms with Crippen LogP contribution in [-0.2, 0) is 11.8 Å². The summed E-state index contributed by atoms with van der Waals surface area (Å²) < 4.78 is 4.84. The largest absolute Gasteiger partial charge is 0.309 e. The number of para-hydroxylation sites is 3. The molecule has 0 bridgehead atoms. The number of fused-ring (bicyclic) bond motifs is 6. The van der Waals surface area contributed by atoms with Gasteiger partial charge >= 0.3 is 0 Å². The van der Waals surface area contributed by atoms with Crippen LogP contribution < -0.4 is 0 Å². The zero-order valence-electron chi connectivity index (χ0n) is 31.0. The molecule has 4 nitrogen and oxygen atoms in total. The Morgan fingerprint density at radius 3 is 2.04 bits per heavy atom. The van der Waals surface area contributed by atoms with Crippen molar-refractivity contribution >= 4 is 50.3 Å². The predicted molar refractivity (Wildman–Crippen MR) is 232 cm³/mol. The average molecular weight is 719 g/mol. The van der Waals surface area contributed by atoms with Crippen molar-refractivity contribution in [2.45, 2.75) is 24.7 Å². The molecule has 11 rings (SSSR count). The summed E-state index contributed by atoms with van der Waals surface area (Å²) in [5.74, 6) is 0.175. The van der Waals surface area contributed by atoms with Crippen molar-refractivity contribution < 1.29 is 0 Å². The van der Waals surface area contributed by atoms with E-state index < -0.39 is 5.41 Å². The smallest absolute Gasteiger partial charge is 0.0923 e. The van der Waals surface area contributed by atoms with Gasteiger partial charge in [-0.3, -0.25) is 9.98 Å². The van der Waals surface area contributed by atoms with E-state index in [0.717, 1.165) is 51.4 Å². The van der Waals surface area contributed by atoms with Crippen LogP contribution in [0.3, 0.4) is 0 Å². The van der Waals surface area contributed by atoms with Crippen LogP contribution in [0.1, 0.15) is 46.4 Å². The molecule has 0 N–H and O–H groups in total. The molecule has 266 valence electrons. The molecule has 0 radical (unpaired) electrons. The number of allylic oxidation sites excluding steroid dienone is 2. The quantitative estimate of drug-likeness (QED) is 0.169. The van der Waals surface area contributed by atoms with Gasteiger partial charge < -0.3 is 9.13 Å². The summed E-state index contributed by atoms with van der Waals surface area (Å²) in [7, 11) is 0. The fourth-order valence-corrected chi connectivity index (χ4v) is 9.25. The highest BCUT2D eigenvalue weighted by Crippen LogP contribution is 2.44. The monoisotopic (exact) mass is 718 g/mol. The van der Waals surface area contributed by atoms with Crippen LogP contribution in [0.25, 0.3) is 56.0 Å². The highest BCUT2D eigenvalue weighted by Gasteiger charge is 2.37. The number of aliphatic imine (C=N–C) groups is 1. The summed E-state index contributed by atoms with van der Waals surface area (Å²) >= 11 is 0. The van der Waals surface area contributed by atoms with Crippen LogP contribution >= 0.6 is 0 Å². The molecule has 1 aliphatic carbocycles.